The molecule has 11 nitrogen and oxygen atoms in total. The summed E-state index contributed by atoms with van der Waals surface area (Å²) in [4.78, 5) is 55.6. The van der Waals surface area contributed by atoms with E-state index in [0.717, 1.165) is 0 Å². The summed E-state index contributed by atoms with van der Waals surface area (Å²) in [5, 5.41) is 12.7. The molecule has 3 aliphatic rings. The molecule has 6 rings (SSSR count). The predicted octanol–water partition coefficient (Wildman–Crippen LogP) is 2.48. The van der Waals surface area contributed by atoms with Gasteiger partial charge in [0.25, 0.3) is 5.91 Å². The Morgan fingerprint density at radius 3 is 2.19 bits per heavy atom. The number of aliphatic hydroxyl groups is 1. The zero-order chi connectivity index (χ0) is 29.1. The van der Waals surface area contributed by atoms with Gasteiger partial charge in [-0.2, -0.15) is 0 Å². The third kappa shape index (κ3) is 5.00. The number of aliphatic hydroxyl groups excluding tert-OH is 1. The van der Waals surface area contributed by atoms with Crippen molar-refractivity contribution in [3.8, 4) is 0 Å². The Hall–Kier alpha value is -5.00. The highest BCUT2D eigenvalue weighted by molar-refractivity contribution is 6.52. The fourth-order valence-corrected chi connectivity index (χ4v) is 5.20. The van der Waals surface area contributed by atoms with Crippen LogP contribution in [0.5, 0.6) is 0 Å². The first-order valence-electron chi connectivity index (χ1n) is 13.4. The SMILES string of the molecule is O=C(NC1(C(=O)c2ccccc2)N=CN=C2C1=NCN2[C@@H]1O[C@H](CO)C[C@H]1OC(=O)c1ccccc1)c1ccccc1. The molecular formula is C31H27N5O6. The van der Waals surface area contributed by atoms with Crippen LogP contribution in [0.3, 0.4) is 0 Å². The average molecular weight is 566 g/mol. The summed E-state index contributed by atoms with van der Waals surface area (Å²) in [6, 6.07) is 25.5. The molecule has 1 amide bonds. The number of hydrogen-bond donors (Lipinski definition) is 2. The lowest BCUT2D eigenvalue weighted by Gasteiger charge is -2.34. The van der Waals surface area contributed by atoms with Crippen molar-refractivity contribution in [2.45, 2.75) is 30.5 Å². The summed E-state index contributed by atoms with van der Waals surface area (Å²) in [6.45, 7) is -0.292. The number of ether oxygens (including phenoxy) is 2. The fraction of sp³-hybridized carbons (Fsp3) is 0.226. The first-order chi connectivity index (χ1) is 20.5. The number of esters is 1. The van der Waals surface area contributed by atoms with Crippen molar-refractivity contribution in [1.29, 1.82) is 0 Å². The van der Waals surface area contributed by atoms with Crippen molar-refractivity contribution in [3.05, 3.63) is 108 Å². The van der Waals surface area contributed by atoms with Crippen LogP contribution in [0.25, 0.3) is 0 Å². The minimum Gasteiger partial charge on any atom is -0.454 e. The summed E-state index contributed by atoms with van der Waals surface area (Å²) >= 11 is 0. The highest BCUT2D eigenvalue weighted by Crippen LogP contribution is 2.32. The van der Waals surface area contributed by atoms with Crippen LogP contribution in [-0.4, -0.2) is 82.9 Å². The maximum absolute atomic E-state index is 14.1. The van der Waals surface area contributed by atoms with Gasteiger partial charge in [0, 0.05) is 17.5 Å². The number of nitrogens with one attached hydrogen (secondary N) is 1. The number of ketones is 1. The number of amidine groups is 1. The number of Topliss-reactive ketones (excluding diaryl/α,β-unsaturated/α-hetero) is 1. The largest absolute Gasteiger partial charge is 0.454 e. The molecule has 1 fully saturated rings. The van der Waals surface area contributed by atoms with Gasteiger partial charge in [-0.15, -0.1) is 0 Å². The number of benzene rings is 3. The van der Waals surface area contributed by atoms with Crippen molar-refractivity contribution in [3.63, 3.8) is 0 Å². The zero-order valence-corrected chi connectivity index (χ0v) is 22.4. The highest BCUT2D eigenvalue weighted by Gasteiger charge is 2.54. The number of carbonyl (C=O) groups is 3. The molecule has 11 heteroatoms. The van der Waals surface area contributed by atoms with Crippen LogP contribution in [0.1, 0.15) is 37.5 Å². The Kier molecular flexibility index (Phi) is 7.43. The third-order valence-corrected chi connectivity index (χ3v) is 7.26. The van der Waals surface area contributed by atoms with Crippen LogP contribution >= 0.6 is 0 Å². The van der Waals surface area contributed by atoms with E-state index < -0.39 is 41.8 Å². The molecule has 1 unspecified atom stereocenters. The summed E-state index contributed by atoms with van der Waals surface area (Å²) < 4.78 is 11.9. The molecule has 0 aromatic heterocycles. The van der Waals surface area contributed by atoms with Gasteiger partial charge in [0.15, 0.2) is 12.1 Å². The molecular weight excluding hydrogens is 538 g/mol. The highest BCUT2D eigenvalue weighted by atomic mass is 16.6. The lowest BCUT2D eigenvalue weighted by molar-refractivity contribution is -0.0735. The van der Waals surface area contributed by atoms with Gasteiger partial charge in [-0.3, -0.25) is 14.6 Å². The minimum absolute atomic E-state index is 0.00917. The molecule has 212 valence electrons. The van der Waals surface area contributed by atoms with E-state index in [0.29, 0.717) is 16.7 Å². The predicted molar refractivity (Wildman–Crippen MR) is 153 cm³/mol. The van der Waals surface area contributed by atoms with Crippen molar-refractivity contribution >= 4 is 35.5 Å². The number of rotatable bonds is 8. The standard InChI is InChI=1S/C31H27N5O6/c37-17-23-16-24(42-30(40)22-14-8-3-9-15-22)29(41-23)36-19-33-25-27(36)32-18-34-31(25,26(38)20-10-4-1-5-11-20)35-28(39)21-12-6-2-7-13-21/h1-15,18,23-24,29,37H,16-17,19H2,(H,35,39)/t23-,24+,29+,31?/m0/s1. The van der Waals surface area contributed by atoms with E-state index in [9.17, 15) is 19.5 Å². The summed E-state index contributed by atoms with van der Waals surface area (Å²) in [7, 11) is 0. The van der Waals surface area contributed by atoms with Crippen LogP contribution in [0.2, 0.25) is 0 Å². The molecule has 3 heterocycles. The topological polar surface area (TPSA) is 142 Å². The van der Waals surface area contributed by atoms with Crippen molar-refractivity contribution in [1.82, 2.24) is 10.2 Å². The van der Waals surface area contributed by atoms with Crippen molar-refractivity contribution in [2.24, 2.45) is 15.0 Å². The second kappa shape index (κ2) is 11.5. The number of hydrogen-bond acceptors (Lipinski definition) is 10. The van der Waals surface area contributed by atoms with Crippen LogP contribution < -0.4 is 5.32 Å². The molecule has 0 radical (unpaired) electrons. The molecule has 4 atom stereocenters. The Bertz CT molecular complexity index is 1580. The molecule has 1 saturated heterocycles. The quantitative estimate of drug-likeness (QED) is 0.316. The van der Waals surface area contributed by atoms with Gasteiger partial charge in [-0.25, -0.2) is 14.8 Å². The molecule has 2 N–H and O–H groups in total. The van der Waals surface area contributed by atoms with Gasteiger partial charge in [-0.05, 0) is 24.3 Å². The molecule has 42 heavy (non-hydrogen) atoms. The van der Waals surface area contributed by atoms with E-state index in [1.165, 1.54) is 6.34 Å². The van der Waals surface area contributed by atoms with Gasteiger partial charge in [0.05, 0.1) is 18.3 Å². The maximum Gasteiger partial charge on any atom is 0.338 e. The van der Waals surface area contributed by atoms with Gasteiger partial charge >= 0.3 is 5.97 Å². The average Bonchev–Trinajstić information content (AvgIpc) is 3.66. The zero-order valence-electron chi connectivity index (χ0n) is 22.4. The van der Waals surface area contributed by atoms with Crippen molar-refractivity contribution < 1.29 is 29.0 Å². The van der Waals surface area contributed by atoms with Gasteiger partial charge in [-0.1, -0.05) is 66.7 Å². The summed E-state index contributed by atoms with van der Waals surface area (Å²) in [6.07, 6.45) is -0.785. The summed E-state index contributed by atoms with van der Waals surface area (Å²) in [5.74, 6) is -1.31. The normalized spacial score (nSPS) is 24.4. The number of aliphatic imine (C=N–C) groups is 3. The minimum atomic E-state index is -1.91. The summed E-state index contributed by atoms with van der Waals surface area (Å²) in [5.41, 5.74) is -0.749. The van der Waals surface area contributed by atoms with E-state index in [-0.39, 0.29) is 31.2 Å². The smallest absolute Gasteiger partial charge is 0.338 e. The van der Waals surface area contributed by atoms with E-state index in [4.69, 9.17) is 9.47 Å². The fourth-order valence-electron chi connectivity index (χ4n) is 5.20. The lowest BCUT2D eigenvalue weighted by atomic mass is 9.91. The van der Waals surface area contributed by atoms with E-state index in [1.54, 1.807) is 95.9 Å². The van der Waals surface area contributed by atoms with Gasteiger partial charge in [0.1, 0.15) is 24.8 Å². The Balaban J connectivity index is 1.32. The Morgan fingerprint density at radius 1 is 0.929 bits per heavy atom. The first-order valence-corrected chi connectivity index (χ1v) is 13.4. The monoisotopic (exact) mass is 565 g/mol. The van der Waals surface area contributed by atoms with Gasteiger partial charge in [0.2, 0.25) is 11.4 Å². The van der Waals surface area contributed by atoms with Crippen LogP contribution in [-0.2, 0) is 9.47 Å². The molecule has 0 saturated carbocycles. The number of amides is 1. The van der Waals surface area contributed by atoms with Crippen molar-refractivity contribution in [2.75, 3.05) is 13.3 Å². The molecule has 3 aromatic rings. The first kappa shape index (κ1) is 27.2. The second-order valence-corrected chi connectivity index (χ2v) is 9.92. The third-order valence-electron chi connectivity index (χ3n) is 7.26. The maximum atomic E-state index is 14.1. The van der Waals surface area contributed by atoms with Crippen LogP contribution in [0.4, 0.5) is 0 Å². The van der Waals surface area contributed by atoms with E-state index in [2.05, 4.69) is 20.3 Å². The van der Waals surface area contributed by atoms with Crippen LogP contribution in [0, 0.1) is 0 Å². The lowest BCUT2D eigenvalue weighted by Crippen LogP contribution is -2.63. The number of fused-ring (bicyclic) bond motifs is 1. The van der Waals surface area contributed by atoms with Crippen LogP contribution in [0.15, 0.2) is 106 Å². The molecule has 0 bridgehead atoms. The number of nitrogens with zero attached hydrogens (tertiary/aromatic N) is 4. The Morgan fingerprint density at radius 2 is 1.55 bits per heavy atom. The van der Waals surface area contributed by atoms with Gasteiger partial charge < -0.3 is 24.8 Å². The molecule has 3 aromatic carbocycles. The molecule has 3 aliphatic heterocycles. The number of carbonyl (C=O) groups excluding carboxylic acids is 3. The second-order valence-electron chi connectivity index (χ2n) is 9.92. The van der Waals surface area contributed by atoms with E-state index >= 15 is 0 Å². The molecule has 0 aliphatic carbocycles. The molecule has 0 spiro atoms. The van der Waals surface area contributed by atoms with E-state index in [1.807, 2.05) is 0 Å². The Labute approximate surface area is 241 Å².